The van der Waals surface area contributed by atoms with E-state index in [1.54, 1.807) is 29.2 Å². The van der Waals surface area contributed by atoms with Crippen LogP contribution in [0.2, 0.25) is 0 Å². The Morgan fingerprint density at radius 3 is 2.38 bits per heavy atom. The molecule has 0 aliphatic carbocycles. The maximum Gasteiger partial charge on any atom is 0.335 e. The second kappa shape index (κ2) is 7.99. The number of hydrogen-bond donors (Lipinski definition) is 2. The van der Waals surface area contributed by atoms with Crippen molar-refractivity contribution in [2.75, 3.05) is 13.1 Å². The van der Waals surface area contributed by atoms with Crippen molar-refractivity contribution in [3.8, 4) is 0 Å². The summed E-state index contributed by atoms with van der Waals surface area (Å²) in [4.78, 5) is 24.9. The summed E-state index contributed by atoms with van der Waals surface area (Å²) in [5.74, 6) is -0.830. The highest BCUT2D eigenvalue weighted by atomic mass is 19.1. The molecule has 2 amide bonds. The first-order valence-corrected chi connectivity index (χ1v) is 8.61. The molecule has 0 saturated carbocycles. The minimum absolute atomic E-state index is 0.117. The van der Waals surface area contributed by atoms with Gasteiger partial charge in [-0.2, -0.15) is 0 Å². The van der Waals surface area contributed by atoms with Crippen LogP contribution in [-0.2, 0) is 13.0 Å². The Hall–Kier alpha value is -2.89. The molecule has 0 aromatic heterocycles. The number of nitrogens with zero attached hydrogens (tertiary/aromatic N) is 1. The van der Waals surface area contributed by atoms with Crippen LogP contribution < -0.4 is 5.32 Å². The number of amides is 2. The topological polar surface area (TPSA) is 69.6 Å². The summed E-state index contributed by atoms with van der Waals surface area (Å²) in [5.41, 5.74) is 2.16. The van der Waals surface area contributed by atoms with Gasteiger partial charge < -0.3 is 15.3 Å². The third-order valence-electron chi connectivity index (χ3n) is 4.66. The molecule has 1 atom stereocenters. The van der Waals surface area contributed by atoms with Crippen molar-refractivity contribution in [1.82, 2.24) is 10.2 Å². The molecule has 6 heteroatoms. The van der Waals surface area contributed by atoms with Gasteiger partial charge >= 0.3 is 12.0 Å². The Labute approximate surface area is 151 Å². The predicted molar refractivity (Wildman–Crippen MR) is 95.4 cm³/mol. The predicted octanol–water partition coefficient (Wildman–Crippen LogP) is 3.30. The lowest BCUT2D eigenvalue weighted by Gasteiger charge is -2.17. The molecular formula is C20H21FN2O3. The molecule has 2 N–H and O–H groups in total. The number of nitrogens with one attached hydrogen (secondary N) is 1. The molecule has 5 nitrogen and oxygen atoms in total. The number of hydrogen-bond acceptors (Lipinski definition) is 2. The van der Waals surface area contributed by atoms with Gasteiger partial charge in [-0.15, -0.1) is 0 Å². The van der Waals surface area contributed by atoms with Gasteiger partial charge in [-0.1, -0.05) is 24.3 Å². The minimum Gasteiger partial charge on any atom is -0.478 e. The number of aromatic carboxylic acids is 1. The van der Waals surface area contributed by atoms with E-state index >= 15 is 0 Å². The molecule has 0 radical (unpaired) electrons. The van der Waals surface area contributed by atoms with Crippen molar-refractivity contribution >= 4 is 12.0 Å². The first-order chi connectivity index (χ1) is 12.5. The van der Waals surface area contributed by atoms with Gasteiger partial charge in [0.1, 0.15) is 5.82 Å². The van der Waals surface area contributed by atoms with E-state index < -0.39 is 5.97 Å². The van der Waals surface area contributed by atoms with E-state index in [1.165, 1.54) is 24.3 Å². The summed E-state index contributed by atoms with van der Waals surface area (Å²) in [6.45, 7) is 1.74. The standard InChI is InChI=1S/C20H21FN2O3/c21-18-7-3-14(4-8-18)11-16-9-10-23(13-16)20(26)22-12-15-1-5-17(6-2-15)19(24)25/h1-8,16H,9-13H2,(H,22,26)(H,24,25). The van der Waals surface area contributed by atoms with E-state index in [0.29, 0.717) is 25.6 Å². The first-order valence-electron chi connectivity index (χ1n) is 8.61. The molecule has 1 unspecified atom stereocenters. The molecule has 26 heavy (non-hydrogen) atoms. The Bertz CT molecular complexity index is 775. The normalized spacial score (nSPS) is 16.5. The van der Waals surface area contributed by atoms with Crippen LogP contribution in [0.5, 0.6) is 0 Å². The van der Waals surface area contributed by atoms with Crippen molar-refractivity contribution in [3.63, 3.8) is 0 Å². The van der Waals surface area contributed by atoms with E-state index in [4.69, 9.17) is 5.11 Å². The van der Waals surface area contributed by atoms with Gasteiger partial charge in [-0.3, -0.25) is 0 Å². The highest BCUT2D eigenvalue weighted by molar-refractivity contribution is 5.87. The second-order valence-electron chi connectivity index (χ2n) is 6.59. The van der Waals surface area contributed by atoms with Gasteiger partial charge in [-0.05, 0) is 54.2 Å². The summed E-state index contributed by atoms with van der Waals surface area (Å²) in [7, 11) is 0. The number of urea groups is 1. The molecule has 2 aromatic carbocycles. The van der Waals surface area contributed by atoms with E-state index in [9.17, 15) is 14.0 Å². The summed E-state index contributed by atoms with van der Waals surface area (Å²) >= 11 is 0. The summed E-state index contributed by atoms with van der Waals surface area (Å²) in [5, 5.41) is 11.8. The number of carboxylic acids is 1. The van der Waals surface area contributed by atoms with Crippen LogP contribution >= 0.6 is 0 Å². The van der Waals surface area contributed by atoms with Crippen LogP contribution in [0.15, 0.2) is 48.5 Å². The number of carbonyl (C=O) groups excluding carboxylic acids is 1. The van der Waals surface area contributed by atoms with E-state index in [0.717, 1.165) is 24.0 Å². The van der Waals surface area contributed by atoms with Crippen molar-refractivity contribution in [3.05, 3.63) is 71.0 Å². The molecule has 1 aliphatic rings. The maximum absolute atomic E-state index is 13.0. The van der Waals surface area contributed by atoms with Crippen LogP contribution in [0.4, 0.5) is 9.18 Å². The third-order valence-corrected chi connectivity index (χ3v) is 4.66. The van der Waals surface area contributed by atoms with Gasteiger partial charge in [0.25, 0.3) is 0 Å². The lowest BCUT2D eigenvalue weighted by Crippen LogP contribution is -2.38. The molecule has 1 fully saturated rings. The summed E-state index contributed by atoms with van der Waals surface area (Å²) in [6, 6.07) is 12.8. The monoisotopic (exact) mass is 356 g/mol. The number of halogens is 1. The van der Waals surface area contributed by atoms with Gasteiger partial charge in [0.05, 0.1) is 5.56 Å². The van der Waals surface area contributed by atoms with Crippen molar-refractivity contribution < 1.29 is 19.1 Å². The fourth-order valence-corrected chi connectivity index (χ4v) is 3.19. The lowest BCUT2D eigenvalue weighted by molar-refractivity contribution is 0.0697. The Kier molecular flexibility index (Phi) is 5.51. The van der Waals surface area contributed by atoms with Gasteiger partial charge in [-0.25, -0.2) is 14.0 Å². The minimum atomic E-state index is -0.968. The molecule has 1 heterocycles. The highest BCUT2D eigenvalue weighted by Crippen LogP contribution is 2.21. The van der Waals surface area contributed by atoms with E-state index in [1.807, 2.05) is 0 Å². The number of carboxylic acid groups (broad SMARTS) is 1. The molecule has 3 rings (SSSR count). The van der Waals surface area contributed by atoms with E-state index in [2.05, 4.69) is 5.32 Å². The van der Waals surface area contributed by atoms with Crippen LogP contribution in [0.1, 0.15) is 27.9 Å². The fraction of sp³-hybridized carbons (Fsp3) is 0.300. The summed E-state index contributed by atoms with van der Waals surface area (Å²) < 4.78 is 13.0. The highest BCUT2D eigenvalue weighted by Gasteiger charge is 2.26. The molecular weight excluding hydrogens is 335 g/mol. The maximum atomic E-state index is 13.0. The average molecular weight is 356 g/mol. The zero-order valence-electron chi connectivity index (χ0n) is 14.3. The third kappa shape index (κ3) is 4.59. The quantitative estimate of drug-likeness (QED) is 0.864. The molecule has 0 bridgehead atoms. The number of rotatable bonds is 5. The Morgan fingerprint density at radius 2 is 1.73 bits per heavy atom. The molecule has 1 aliphatic heterocycles. The molecule has 2 aromatic rings. The first kappa shape index (κ1) is 17.9. The number of benzene rings is 2. The largest absolute Gasteiger partial charge is 0.478 e. The smallest absolute Gasteiger partial charge is 0.335 e. The molecule has 136 valence electrons. The lowest BCUT2D eigenvalue weighted by atomic mass is 9.99. The molecule has 0 spiro atoms. The van der Waals surface area contributed by atoms with Crippen LogP contribution in [0.3, 0.4) is 0 Å². The van der Waals surface area contributed by atoms with Gasteiger partial charge in [0.2, 0.25) is 0 Å². The zero-order chi connectivity index (χ0) is 18.5. The number of carbonyl (C=O) groups is 2. The SMILES string of the molecule is O=C(O)c1ccc(CNC(=O)N2CCC(Cc3ccc(F)cc3)C2)cc1. The number of likely N-dealkylation sites (tertiary alicyclic amines) is 1. The van der Waals surface area contributed by atoms with Crippen LogP contribution in [0.25, 0.3) is 0 Å². The average Bonchev–Trinajstić information content (AvgIpc) is 3.10. The van der Waals surface area contributed by atoms with Crippen molar-refractivity contribution in [2.24, 2.45) is 5.92 Å². The summed E-state index contributed by atoms with van der Waals surface area (Å²) in [6.07, 6.45) is 1.76. The van der Waals surface area contributed by atoms with Crippen LogP contribution in [0, 0.1) is 11.7 Å². The van der Waals surface area contributed by atoms with Crippen molar-refractivity contribution in [1.29, 1.82) is 0 Å². The van der Waals surface area contributed by atoms with Crippen molar-refractivity contribution in [2.45, 2.75) is 19.4 Å². The van der Waals surface area contributed by atoms with Gasteiger partial charge in [0, 0.05) is 19.6 Å². The zero-order valence-corrected chi connectivity index (χ0v) is 14.3. The van der Waals surface area contributed by atoms with Gasteiger partial charge in [0.15, 0.2) is 0 Å². The Morgan fingerprint density at radius 1 is 1.08 bits per heavy atom. The fourth-order valence-electron chi connectivity index (χ4n) is 3.19. The Balaban J connectivity index is 1.46. The van der Waals surface area contributed by atoms with E-state index in [-0.39, 0.29) is 17.4 Å². The molecule has 1 saturated heterocycles. The van der Waals surface area contributed by atoms with Crippen LogP contribution in [-0.4, -0.2) is 35.1 Å². The second-order valence-corrected chi connectivity index (χ2v) is 6.59.